The van der Waals surface area contributed by atoms with Gasteiger partial charge in [0.1, 0.15) is 0 Å². The lowest BCUT2D eigenvalue weighted by Gasteiger charge is -2.34. The molecule has 2 atom stereocenters. The maximum Gasteiger partial charge on any atom is 0.341 e. The second-order valence-electron chi connectivity index (χ2n) is 3.27. The highest BCUT2D eigenvalue weighted by molar-refractivity contribution is 5.73. The molecule has 0 spiro atoms. The predicted molar refractivity (Wildman–Crippen MR) is 47.1 cm³/mol. The van der Waals surface area contributed by atoms with Gasteiger partial charge in [0.25, 0.3) is 0 Å². The molecule has 0 bridgehead atoms. The number of ether oxygens (including phenoxy) is 1. The SMILES string of the molecule is CONC(=O)N1CC(C)OC(C)C1. The Hall–Kier alpha value is -0.810. The van der Waals surface area contributed by atoms with Gasteiger partial charge in [-0.1, -0.05) is 0 Å². The third-order valence-electron chi connectivity index (χ3n) is 1.90. The van der Waals surface area contributed by atoms with Crippen LogP contribution in [-0.4, -0.2) is 43.3 Å². The van der Waals surface area contributed by atoms with Crippen LogP contribution in [0.4, 0.5) is 4.79 Å². The fraction of sp³-hybridized carbons (Fsp3) is 0.875. The van der Waals surface area contributed by atoms with E-state index in [1.165, 1.54) is 7.11 Å². The Morgan fingerprint density at radius 3 is 2.46 bits per heavy atom. The molecular weight excluding hydrogens is 172 g/mol. The van der Waals surface area contributed by atoms with Crippen molar-refractivity contribution >= 4 is 6.03 Å². The van der Waals surface area contributed by atoms with Crippen LogP contribution in [0.5, 0.6) is 0 Å². The van der Waals surface area contributed by atoms with Gasteiger partial charge in [-0.05, 0) is 13.8 Å². The standard InChI is InChI=1S/C8H16N2O3/c1-6-4-10(5-7(2)13-6)8(11)9-12-3/h6-7H,4-5H2,1-3H3,(H,9,11). The second kappa shape index (κ2) is 4.43. The van der Waals surface area contributed by atoms with Crippen LogP contribution in [0, 0.1) is 0 Å². The van der Waals surface area contributed by atoms with E-state index in [1.807, 2.05) is 13.8 Å². The van der Waals surface area contributed by atoms with E-state index in [2.05, 4.69) is 10.3 Å². The smallest absolute Gasteiger partial charge is 0.341 e. The van der Waals surface area contributed by atoms with Crippen LogP contribution in [0.1, 0.15) is 13.8 Å². The van der Waals surface area contributed by atoms with Crippen LogP contribution < -0.4 is 5.48 Å². The molecule has 2 unspecified atom stereocenters. The topological polar surface area (TPSA) is 50.8 Å². The Balaban J connectivity index is 2.45. The molecule has 1 heterocycles. The zero-order valence-electron chi connectivity index (χ0n) is 8.24. The van der Waals surface area contributed by atoms with Gasteiger partial charge in [-0.2, -0.15) is 0 Å². The van der Waals surface area contributed by atoms with Gasteiger partial charge in [0, 0.05) is 13.1 Å². The van der Waals surface area contributed by atoms with Crippen LogP contribution in [0.3, 0.4) is 0 Å². The molecule has 1 rings (SSSR count). The minimum absolute atomic E-state index is 0.0892. The summed E-state index contributed by atoms with van der Waals surface area (Å²) in [6, 6.07) is -0.204. The van der Waals surface area contributed by atoms with E-state index in [4.69, 9.17) is 4.74 Å². The van der Waals surface area contributed by atoms with Crippen molar-refractivity contribution in [2.75, 3.05) is 20.2 Å². The summed E-state index contributed by atoms with van der Waals surface area (Å²) in [7, 11) is 1.42. The van der Waals surface area contributed by atoms with E-state index in [-0.39, 0.29) is 18.2 Å². The first-order chi connectivity index (χ1) is 6.13. The van der Waals surface area contributed by atoms with Gasteiger partial charge in [0.2, 0.25) is 0 Å². The normalized spacial score (nSPS) is 28.7. The summed E-state index contributed by atoms with van der Waals surface area (Å²) in [6.07, 6.45) is 0.178. The predicted octanol–water partition coefficient (Wildman–Crippen LogP) is 0.367. The molecule has 0 saturated carbocycles. The summed E-state index contributed by atoms with van der Waals surface area (Å²) in [5.74, 6) is 0. The van der Waals surface area contributed by atoms with Gasteiger partial charge in [-0.3, -0.25) is 4.84 Å². The third-order valence-corrected chi connectivity index (χ3v) is 1.90. The largest absolute Gasteiger partial charge is 0.372 e. The molecule has 76 valence electrons. The van der Waals surface area contributed by atoms with Crippen LogP contribution in [0.2, 0.25) is 0 Å². The van der Waals surface area contributed by atoms with E-state index in [0.29, 0.717) is 13.1 Å². The summed E-state index contributed by atoms with van der Waals surface area (Å²) < 4.78 is 5.48. The number of hydrogen-bond acceptors (Lipinski definition) is 3. The highest BCUT2D eigenvalue weighted by atomic mass is 16.6. The molecule has 1 aliphatic heterocycles. The van der Waals surface area contributed by atoms with Gasteiger partial charge < -0.3 is 9.64 Å². The van der Waals surface area contributed by atoms with Crippen molar-refractivity contribution in [3.05, 3.63) is 0 Å². The van der Waals surface area contributed by atoms with Gasteiger partial charge in [-0.15, -0.1) is 0 Å². The number of rotatable bonds is 1. The van der Waals surface area contributed by atoms with Crippen LogP contribution in [0.25, 0.3) is 0 Å². The van der Waals surface area contributed by atoms with Crippen molar-refractivity contribution in [2.45, 2.75) is 26.1 Å². The number of carbonyl (C=O) groups is 1. The number of amides is 2. The minimum atomic E-state index is -0.204. The molecule has 1 saturated heterocycles. The fourth-order valence-electron chi connectivity index (χ4n) is 1.50. The summed E-state index contributed by atoms with van der Waals surface area (Å²) in [5.41, 5.74) is 2.29. The van der Waals surface area contributed by atoms with Crippen molar-refractivity contribution in [3.8, 4) is 0 Å². The molecule has 0 aliphatic carbocycles. The first-order valence-corrected chi connectivity index (χ1v) is 4.37. The first-order valence-electron chi connectivity index (χ1n) is 4.37. The van der Waals surface area contributed by atoms with E-state index in [9.17, 15) is 4.79 Å². The average molecular weight is 188 g/mol. The van der Waals surface area contributed by atoms with Gasteiger partial charge >= 0.3 is 6.03 Å². The molecule has 0 aromatic heterocycles. The quantitative estimate of drug-likeness (QED) is 0.605. The Kier molecular flexibility index (Phi) is 3.50. The van der Waals surface area contributed by atoms with E-state index in [1.54, 1.807) is 4.90 Å². The van der Waals surface area contributed by atoms with Crippen LogP contribution in [0.15, 0.2) is 0 Å². The number of morpholine rings is 1. The molecule has 1 N–H and O–H groups in total. The highest BCUT2D eigenvalue weighted by Gasteiger charge is 2.25. The summed E-state index contributed by atoms with van der Waals surface area (Å²) in [6.45, 7) is 5.12. The molecule has 2 amide bonds. The lowest BCUT2D eigenvalue weighted by molar-refractivity contribution is -0.0591. The van der Waals surface area contributed by atoms with Gasteiger partial charge in [0.15, 0.2) is 0 Å². The zero-order chi connectivity index (χ0) is 9.84. The van der Waals surface area contributed by atoms with Crippen molar-refractivity contribution < 1.29 is 14.4 Å². The number of carbonyl (C=O) groups excluding carboxylic acids is 1. The summed E-state index contributed by atoms with van der Waals surface area (Å²) >= 11 is 0. The molecule has 0 aromatic carbocycles. The van der Waals surface area contributed by atoms with Crippen molar-refractivity contribution in [2.24, 2.45) is 0 Å². The molecule has 5 nitrogen and oxygen atoms in total. The number of nitrogens with zero attached hydrogens (tertiary/aromatic N) is 1. The third kappa shape index (κ3) is 2.86. The minimum Gasteiger partial charge on any atom is -0.372 e. The molecule has 0 radical (unpaired) electrons. The number of hydrogen-bond donors (Lipinski definition) is 1. The maximum atomic E-state index is 11.3. The van der Waals surface area contributed by atoms with E-state index < -0.39 is 0 Å². The monoisotopic (exact) mass is 188 g/mol. The summed E-state index contributed by atoms with van der Waals surface area (Å²) in [5, 5.41) is 0. The molecule has 13 heavy (non-hydrogen) atoms. The number of nitrogens with one attached hydrogen (secondary N) is 1. The fourth-order valence-corrected chi connectivity index (χ4v) is 1.50. The van der Waals surface area contributed by atoms with Gasteiger partial charge in [0.05, 0.1) is 19.3 Å². The maximum absolute atomic E-state index is 11.3. The molecule has 0 aromatic rings. The Morgan fingerprint density at radius 1 is 1.46 bits per heavy atom. The van der Waals surface area contributed by atoms with Crippen molar-refractivity contribution in [1.82, 2.24) is 10.4 Å². The zero-order valence-corrected chi connectivity index (χ0v) is 8.24. The molecule has 1 fully saturated rings. The Morgan fingerprint density at radius 2 is 2.00 bits per heavy atom. The number of urea groups is 1. The summed E-state index contributed by atoms with van der Waals surface area (Å²) in [4.78, 5) is 17.6. The van der Waals surface area contributed by atoms with Crippen molar-refractivity contribution in [3.63, 3.8) is 0 Å². The van der Waals surface area contributed by atoms with Gasteiger partial charge in [-0.25, -0.2) is 10.3 Å². The van der Waals surface area contributed by atoms with Crippen LogP contribution >= 0.6 is 0 Å². The molecule has 5 heteroatoms. The van der Waals surface area contributed by atoms with Crippen molar-refractivity contribution in [1.29, 1.82) is 0 Å². The Bertz CT molecular complexity index is 176. The van der Waals surface area contributed by atoms with Crippen LogP contribution in [-0.2, 0) is 9.57 Å². The Labute approximate surface area is 77.9 Å². The molecular formula is C8H16N2O3. The lowest BCUT2D eigenvalue weighted by Crippen LogP contribution is -2.51. The van der Waals surface area contributed by atoms with E-state index in [0.717, 1.165) is 0 Å². The average Bonchev–Trinajstić information content (AvgIpc) is 2.03. The van der Waals surface area contributed by atoms with E-state index >= 15 is 0 Å². The highest BCUT2D eigenvalue weighted by Crippen LogP contribution is 2.10. The lowest BCUT2D eigenvalue weighted by atomic mass is 10.2. The molecule has 1 aliphatic rings. The second-order valence-corrected chi connectivity index (χ2v) is 3.27. The number of hydroxylamine groups is 1. The first kappa shape index (κ1) is 10.3.